The summed E-state index contributed by atoms with van der Waals surface area (Å²) in [4.78, 5) is 23.6. The Morgan fingerprint density at radius 1 is 1.38 bits per heavy atom. The molecule has 0 saturated heterocycles. The van der Waals surface area contributed by atoms with Crippen LogP contribution in [0.15, 0.2) is 12.4 Å². The number of carbonyl (C=O) groups excluding carboxylic acids is 1. The summed E-state index contributed by atoms with van der Waals surface area (Å²) in [5.74, 6) is 0.0638. The van der Waals surface area contributed by atoms with Crippen LogP contribution < -0.4 is 15.8 Å². The van der Waals surface area contributed by atoms with Gasteiger partial charge in [-0.05, 0) is 13.3 Å². The zero-order valence-corrected chi connectivity index (χ0v) is 11.9. The molecule has 0 spiro atoms. The summed E-state index contributed by atoms with van der Waals surface area (Å²) in [6, 6.07) is 0.203. The van der Waals surface area contributed by atoms with Crippen LogP contribution in [0.1, 0.15) is 30.6 Å². The van der Waals surface area contributed by atoms with Gasteiger partial charge in [0.05, 0.1) is 18.4 Å². The predicted molar refractivity (Wildman–Crippen MR) is 75.4 cm³/mol. The van der Waals surface area contributed by atoms with Crippen molar-refractivity contribution < 1.29 is 9.53 Å². The molecule has 2 rings (SSSR count). The van der Waals surface area contributed by atoms with Gasteiger partial charge in [-0.1, -0.05) is 6.92 Å². The first kappa shape index (κ1) is 14.7. The molecule has 0 aliphatic heterocycles. The second-order valence-corrected chi connectivity index (χ2v) is 4.16. The van der Waals surface area contributed by atoms with Crippen LogP contribution in [0.5, 0.6) is 6.01 Å². The van der Waals surface area contributed by atoms with Crippen molar-refractivity contribution in [1.82, 2.24) is 24.7 Å². The van der Waals surface area contributed by atoms with Crippen molar-refractivity contribution in [2.24, 2.45) is 5.73 Å². The summed E-state index contributed by atoms with van der Waals surface area (Å²) in [5, 5.41) is 7.00. The number of primary amides is 1. The molecule has 0 fully saturated rings. The lowest BCUT2D eigenvalue weighted by atomic mass is 10.4. The summed E-state index contributed by atoms with van der Waals surface area (Å²) >= 11 is 0. The lowest BCUT2D eigenvalue weighted by Gasteiger charge is -2.08. The fourth-order valence-electron chi connectivity index (χ4n) is 1.50. The number of carbonyl (C=O) groups is 1. The lowest BCUT2D eigenvalue weighted by Crippen LogP contribution is -2.12. The molecule has 0 radical (unpaired) electrons. The van der Waals surface area contributed by atoms with Crippen molar-refractivity contribution in [3.8, 4) is 12.0 Å². The van der Waals surface area contributed by atoms with Crippen molar-refractivity contribution >= 4 is 11.9 Å². The van der Waals surface area contributed by atoms with Gasteiger partial charge in [-0.3, -0.25) is 4.79 Å². The number of nitrogens with zero attached hydrogens (tertiary/aromatic N) is 5. The van der Waals surface area contributed by atoms with Crippen LogP contribution in [0.2, 0.25) is 0 Å². The third-order valence-corrected chi connectivity index (χ3v) is 2.45. The van der Waals surface area contributed by atoms with E-state index in [9.17, 15) is 4.79 Å². The Morgan fingerprint density at radius 3 is 2.81 bits per heavy atom. The fourth-order valence-corrected chi connectivity index (χ4v) is 1.50. The molecular weight excluding hydrogens is 274 g/mol. The van der Waals surface area contributed by atoms with Crippen LogP contribution in [-0.4, -0.2) is 43.8 Å². The van der Waals surface area contributed by atoms with Gasteiger partial charge in [-0.15, -0.1) is 0 Å². The summed E-state index contributed by atoms with van der Waals surface area (Å²) < 4.78 is 6.77. The highest BCUT2D eigenvalue weighted by Gasteiger charge is 2.11. The van der Waals surface area contributed by atoms with Gasteiger partial charge in [0.2, 0.25) is 5.95 Å². The van der Waals surface area contributed by atoms with E-state index in [0.29, 0.717) is 19.1 Å². The van der Waals surface area contributed by atoms with Crippen LogP contribution in [0, 0.1) is 0 Å². The van der Waals surface area contributed by atoms with Gasteiger partial charge < -0.3 is 15.8 Å². The van der Waals surface area contributed by atoms with E-state index < -0.39 is 5.91 Å². The van der Waals surface area contributed by atoms with Crippen molar-refractivity contribution in [2.75, 3.05) is 18.5 Å². The Labute approximate surface area is 121 Å². The number of hydrogen-bond donors (Lipinski definition) is 2. The number of nitrogens with two attached hydrogens (primary N) is 1. The van der Waals surface area contributed by atoms with E-state index in [1.165, 1.54) is 17.1 Å². The average Bonchev–Trinajstić information content (AvgIpc) is 2.95. The van der Waals surface area contributed by atoms with Gasteiger partial charge in [0.25, 0.3) is 11.9 Å². The summed E-state index contributed by atoms with van der Waals surface area (Å²) in [6.45, 7) is 5.07. The molecule has 0 aromatic carbocycles. The Morgan fingerprint density at radius 2 is 2.19 bits per heavy atom. The third-order valence-electron chi connectivity index (χ3n) is 2.45. The third kappa shape index (κ3) is 3.65. The molecule has 0 aliphatic carbocycles. The molecule has 0 aliphatic rings. The summed E-state index contributed by atoms with van der Waals surface area (Å²) in [7, 11) is 0. The molecule has 9 nitrogen and oxygen atoms in total. The van der Waals surface area contributed by atoms with Gasteiger partial charge in [0.15, 0.2) is 0 Å². The second kappa shape index (κ2) is 6.64. The maximum atomic E-state index is 11.1. The van der Waals surface area contributed by atoms with E-state index in [0.717, 1.165) is 6.42 Å². The molecule has 3 N–H and O–H groups in total. The molecule has 2 heterocycles. The maximum absolute atomic E-state index is 11.1. The molecule has 0 saturated carbocycles. The molecule has 1 amide bonds. The van der Waals surface area contributed by atoms with Gasteiger partial charge >= 0.3 is 6.01 Å². The number of rotatable bonds is 7. The number of amides is 1. The van der Waals surface area contributed by atoms with E-state index in [4.69, 9.17) is 10.5 Å². The molecule has 9 heteroatoms. The summed E-state index contributed by atoms with van der Waals surface area (Å²) in [5.41, 5.74) is 5.47. The number of nitrogens with one attached hydrogen (secondary N) is 1. The topological polar surface area (TPSA) is 121 Å². The van der Waals surface area contributed by atoms with Gasteiger partial charge in [-0.25, -0.2) is 4.68 Å². The van der Waals surface area contributed by atoms with Gasteiger partial charge in [0.1, 0.15) is 0 Å². The monoisotopic (exact) mass is 291 g/mol. The molecule has 2 aromatic rings. The Bertz CT molecular complexity index is 626. The molecular formula is C12H17N7O2. The van der Waals surface area contributed by atoms with E-state index in [2.05, 4.69) is 25.4 Å². The van der Waals surface area contributed by atoms with E-state index in [-0.39, 0.29) is 17.5 Å². The molecule has 21 heavy (non-hydrogen) atoms. The highest BCUT2D eigenvalue weighted by atomic mass is 16.5. The van der Waals surface area contributed by atoms with Crippen molar-refractivity contribution in [3.05, 3.63) is 18.0 Å². The molecule has 2 aromatic heterocycles. The Kier molecular flexibility index (Phi) is 4.64. The highest BCUT2D eigenvalue weighted by Crippen LogP contribution is 2.11. The number of hydrogen-bond acceptors (Lipinski definition) is 7. The van der Waals surface area contributed by atoms with Crippen molar-refractivity contribution in [1.29, 1.82) is 0 Å². The SMILES string of the molecule is CCCOc1nc(NCC)nc(-n2cc(C(N)=O)cn2)n1. The minimum Gasteiger partial charge on any atom is -0.463 e. The van der Waals surface area contributed by atoms with Crippen molar-refractivity contribution in [2.45, 2.75) is 20.3 Å². The van der Waals surface area contributed by atoms with E-state index in [1.807, 2.05) is 13.8 Å². The quantitative estimate of drug-likeness (QED) is 0.756. The summed E-state index contributed by atoms with van der Waals surface area (Å²) in [6.07, 6.45) is 3.65. The van der Waals surface area contributed by atoms with Crippen LogP contribution in [0.3, 0.4) is 0 Å². The highest BCUT2D eigenvalue weighted by molar-refractivity contribution is 5.92. The lowest BCUT2D eigenvalue weighted by molar-refractivity contribution is 0.100. The normalized spacial score (nSPS) is 10.4. The van der Waals surface area contributed by atoms with Gasteiger partial charge in [0, 0.05) is 12.7 Å². The minimum atomic E-state index is -0.565. The fraction of sp³-hybridized carbons (Fsp3) is 0.417. The molecule has 0 atom stereocenters. The largest absolute Gasteiger partial charge is 0.463 e. The van der Waals surface area contributed by atoms with Crippen LogP contribution in [0.25, 0.3) is 5.95 Å². The molecule has 0 unspecified atom stereocenters. The van der Waals surface area contributed by atoms with Crippen LogP contribution >= 0.6 is 0 Å². The Hall–Kier alpha value is -2.71. The Balaban J connectivity index is 2.35. The molecule has 0 bridgehead atoms. The first-order chi connectivity index (χ1) is 10.1. The minimum absolute atomic E-state index is 0.203. The molecule has 112 valence electrons. The average molecular weight is 291 g/mol. The maximum Gasteiger partial charge on any atom is 0.323 e. The van der Waals surface area contributed by atoms with Crippen LogP contribution in [0.4, 0.5) is 5.95 Å². The zero-order chi connectivity index (χ0) is 15.2. The second-order valence-electron chi connectivity index (χ2n) is 4.16. The first-order valence-corrected chi connectivity index (χ1v) is 6.61. The van der Waals surface area contributed by atoms with Crippen molar-refractivity contribution in [3.63, 3.8) is 0 Å². The van der Waals surface area contributed by atoms with Gasteiger partial charge in [-0.2, -0.15) is 20.1 Å². The number of anilines is 1. The zero-order valence-electron chi connectivity index (χ0n) is 11.9. The number of ether oxygens (including phenoxy) is 1. The predicted octanol–water partition coefficient (Wildman–Crippen LogP) is 0.377. The first-order valence-electron chi connectivity index (χ1n) is 6.61. The smallest absolute Gasteiger partial charge is 0.323 e. The van der Waals surface area contributed by atoms with E-state index >= 15 is 0 Å². The number of aromatic nitrogens is 5. The standard InChI is InChI=1S/C12H17N7O2/c1-3-5-21-12-17-10(14-4-2)16-11(18-12)19-7-8(6-15-19)9(13)20/h6-7H,3-5H2,1-2H3,(H2,13,20)(H,14,16,17,18). The van der Waals surface area contributed by atoms with Crippen LogP contribution in [-0.2, 0) is 0 Å². The van der Waals surface area contributed by atoms with E-state index in [1.54, 1.807) is 0 Å².